The number of fused-ring (bicyclic) bond motifs is 1. The van der Waals surface area contributed by atoms with E-state index in [-0.39, 0.29) is 28.5 Å². The number of likely N-dealkylation sites (N-methyl/N-ethyl adjacent to an activating group) is 1. The van der Waals surface area contributed by atoms with Crippen LogP contribution in [0.15, 0.2) is 30.6 Å². The highest BCUT2D eigenvalue weighted by atomic mass is 35.5. The quantitative estimate of drug-likeness (QED) is 0.853. The summed E-state index contributed by atoms with van der Waals surface area (Å²) in [4.78, 5) is 22.3. The fourth-order valence-corrected chi connectivity index (χ4v) is 3.65. The smallest absolute Gasteiger partial charge is 0.328 e. The van der Waals surface area contributed by atoms with Crippen LogP contribution in [0.25, 0.3) is 0 Å². The normalized spacial score (nSPS) is 23.0. The van der Waals surface area contributed by atoms with E-state index in [1.54, 1.807) is 18.5 Å². The molecule has 0 spiro atoms. The predicted molar refractivity (Wildman–Crippen MR) is 98.3 cm³/mol. The second-order valence-electron chi connectivity index (χ2n) is 7.61. The zero-order valence-electron chi connectivity index (χ0n) is 15.0. The molecule has 3 heterocycles. The van der Waals surface area contributed by atoms with Crippen LogP contribution >= 0.6 is 11.6 Å². The van der Waals surface area contributed by atoms with E-state index in [1.807, 2.05) is 40.0 Å². The molecule has 2 aromatic heterocycles. The van der Waals surface area contributed by atoms with E-state index in [0.717, 1.165) is 11.4 Å². The van der Waals surface area contributed by atoms with Gasteiger partial charge in [-0.25, -0.2) is 14.3 Å². The van der Waals surface area contributed by atoms with Gasteiger partial charge < -0.3 is 5.11 Å². The third-order valence-electron chi connectivity index (χ3n) is 5.29. The van der Waals surface area contributed by atoms with Crippen molar-refractivity contribution in [2.24, 2.45) is 0 Å². The van der Waals surface area contributed by atoms with E-state index in [4.69, 9.17) is 11.6 Å². The summed E-state index contributed by atoms with van der Waals surface area (Å²) < 4.78 is 0.149. The third-order valence-corrected chi connectivity index (χ3v) is 5.50. The van der Waals surface area contributed by atoms with Gasteiger partial charge in [0, 0.05) is 30.1 Å². The molecule has 2 aromatic rings. The van der Waals surface area contributed by atoms with Crippen molar-refractivity contribution in [3.05, 3.63) is 52.4 Å². The Labute approximate surface area is 152 Å². The zero-order chi connectivity index (χ0) is 18.4. The summed E-state index contributed by atoms with van der Waals surface area (Å²) in [6.45, 7) is 5.98. The van der Waals surface area contributed by atoms with E-state index in [1.165, 1.54) is 0 Å². The minimum absolute atomic E-state index is 0.0989. The number of hydrogen-bond acceptors (Lipinski definition) is 4. The van der Waals surface area contributed by atoms with Gasteiger partial charge in [-0.15, -0.1) is 0 Å². The number of quaternary nitrogens is 1. The lowest BCUT2D eigenvalue weighted by Gasteiger charge is -2.39. The number of aromatic nitrogens is 2. The first kappa shape index (κ1) is 18.0. The van der Waals surface area contributed by atoms with Gasteiger partial charge in [-0.05, 0) is 39.0 Å². The topological polar surface area (TPSA) is 63.1 Å². The lowest BCUT2D eigenvalue weighted by atomic mass is 9.94. The second-order valence-corrected chi connectivity index (χ2v) is 8.04. The Kier molecular flexibility index (Phi) is 4.43. The van der Waals surface area contributed by atoms with Gasteiger partial charge >= 0.3 is 5.91 Å². The largest absolute Gasteiger partial charge is 0.392 e. The highest BCUT2D eigenvalue weighted by Crippen LogP contribution is 2.46. The number of halogens is 1. The highest BCUT2D eigenvalue weighted by Gasteiger charge is 2.57. The van der Waals surface area contributed by atoms with Crippen molar-refractivity contribution >= 4 is 23.3 Å². The summed E-state index contributed by atoms with van der Waals surface area (Å²) >= 11 is 5.97. The van der Waals surface area contributed by atoms with Crippen molar-refractivity contribution < 1.29 is 9.90 Å². The van der Waals surface area contributed by atoms with Gasteiger partial charge in [0.25, 0.3) is 0 Å². The zero-order valence-corrected chi connectivity index (χ0v) is 15.7. The number of nitrogens with zero attached hydrogens (tertiary/aromatic N) is 3. The van der Waals surface area contributed by atoms with Crippen LogP contribution in [-0.2, 0) is 17.8 Å². The Morgan fingerprint density at radius 3 is 2.68 bits per heavy atom. The van der Waals surface area contributed by atoms with Gasteiger partial charge in [0.15, 0.2) is 0 Å². The van der Waals surface area contributed by atoms with Crippen LogP contribution in [0.2, 0.25) is 5.02 Å². The molecule has 5 nitrogen and oxygen atoms in total. The molecule has 1 N–H and O–H groups in total. The molecule has 1 aliphatic rings. The van der Waals surface area contributed by atoms with Gasteiger partial charge in [0.1, 0.15) is 11.5 Å². The minimum atomic E-state index is -0.341. The summed E-state index contributed by atoms with van der Waals surface area (Å²) in [5.74, 6) is 0.554. The summed E-state index contributed by atoms with van der Waals surface area (Å²) in [5.41, 5.74) is 1.97. The molecule has 0 saturated carbocycles. The predicted octanol–water partition coefficient (Wildman–Crippen LogP) is 3.22. The van der Waals surface area contributed by atoms with E-state index in [9.17, 15) is 9.90 Å². The number of pyridine rings is 2. The Morgan fingerprint density at radius 1 is 1.32 bits per heavy atom. The summed E-state index contributed by atoms with van der Waals surface area (Å²) in [7, 11) is 1.93. The van der Waals surface area contributed by atoms with Gasteiger partial charge in [-0.2, -0.15) is 0 Å². The van der Waals surface area contributed by atoms with Crippen LogP contribution < -0.4 is 4.48 Å². The monoisotopic (exact) mass is 360 g/mol. The summed E-state index contributed by atoms with van der Waals surface area (Å²) in [6.07, 6.45) is 3.71. The molecule has 6 heteroatoms. The van der Waals surface area contributed by atoms with Crippen LogP contribution in [0.5, 0.6) is 0 Å². The van der Waals surface area contributed by atoms with Crippen LogP contribution in [0.3, 0.4) is 0 Å². The number of carbonyl (C=O) groups is 1. The van der Waals surface area contributed by atoms with Crippen molar-refractivity contribution in [2.75, 3.05) is 7.05 Å². The molecule has 0 bridgehead atoms. The fourth-order valence-electron chi connectivity index (χ4n) is 3.47. The average Bonchev–Trinajstić information content (AvgIpc) is 2.79. The fraction of sp³-hybridized carbons (Fsp3) is 0.421. The summed E-state index contributed by atoms with van der Waals surface area (Å²) in [6, 6.07) is 5.53. The molecule has 0 aromatic carbocycles. The third kappa shape index (κ3) is 2.76. The van der Waals surface area contributed by atoms with Gasteiger partial charge in [-0.1, -0.05) is 11.6 Å². The lowest BCUT2D eigenvalue weighted by Crippen LogP contribution is -2.61. The van der Waals surface area contributed by atoms with Crippen molar-refractivity contribution in [1.82, 2.24) is 14.5 Å². The number of carbonyl (C=O) groups excluding carboxylic acids is 1. The Bertz CT molecular complexity index is 832. The second kappa shape index (κ2) is 6.16. The molecule has 0 saturated heterocycles. The minimum Gasteiger partial charge on any atom is -0.392 e. The van der Waals surface area contributed by atoms with E-state index in [0.29, 0.717) is 22.7 Å². The van der Waals surface area contributed by atoms with Crippen LogP contribution in [-0.4, -0.2) is 33.6 Å². The maximum Gasteiger partial charge on any atom is 0.328 e. The molecular formula is C19H23ClN3O2+. The van der Waals surface area contributed by atoms with Crippen LogP contribution in [0, 0.1) is 0 Å². The van der Waals surface area contributed by atoms with Crippen LogP contribution in [0.4, 0.5) is 5.82 Å². The molecule has 3 rings (SSSR count). The molecule has 25 heavy (non-hydrogen) atoms. The van der Waals surface area contributed by atoms with Crippen molar-refractivity contribution in [3.63, 3.8) is 0 Å². The van der Waals surface area contributed by atoms with Crippen LogP contribution in [0.1, 0.15) is 43.5 Å². The molecule has 1 aliphatic heterocycles. The van der Waals surface area contributed by atoms with Gasteiger partial charge in [0.05, 0.1) is 24.2 Å². The number of aliphatic hydroxyl groups is 1. The Balaban J connectivity index is 2.08. The van der Waals surface area contributed by atoms with E-state index in [2.05, 4.69) is 9.97 Å². The number of amides is 1. The molecule has 0 radical (unpaired) electrons. The molecule has 0 aliphatic carbocycles. The Hall–Kier alpha value is -1.82. The first-order valence-corrected chi connectivity index (χ1v) is 8.68. The number of rotatable bonds is 3. The molecule has 2 unspecified atom stereocenters. The van der Waals surface area contributed by atoms with E-state index < -0.39 is 0 Å². The highest BCUT2D eigenvalue weighted by molar-refractivity contribution is 6.30. The molecule has 2 atom stereocenters. The van der Waals surface area contributed by atoms with Gasteiger partial charge in [0.2, 0.25) is 5.82 Å². The van der Waals surface area contributed by atoms with Crippen molar-refractivity contribution in [3.8, 4) is 0 Å². The first-order valence-electron chi connectivity index (χ1n) is 8.31. The average molecular weight is 361 g/mol. The molecular weight excluding hydrogens is 338 g/mol. The SMILES string of the molecule is CC(C)(C)[N+]1(C)C(=O)C(Cc2ncc(Cl)cc2CO)c2cccnc21. The first-order chi connectivity index (χ1) is 11.7. The summed E-state index contributed by atoms with van der Waals surface area (Å²) in [5, 5.41) is 10.1. The molecule has 132 valence electrons. The maximum atomic E-state index is 13.4. The number of aliphatic hydroxyl groups excluding tert-OH is 1. The molecule has 0 fully saturated rings. The molecule has 1 amide bonds. The lowest BCUT2D eigenvalue weighted by molar-refractivity contribution is -0.133. The maximum absolute atomic E-state index is 13.4. The number of hydrogen-bond donors (Lipinski definition) is 1. The van der Waals surface area contributed by atoms with E-state index >= 15 is 0 Å². The van der Waals surface area contributed by atoms with Gasteiger partial charge in [-0.3, -0.25) is 4.98 Å². The van der Waals surface area contributed by atoms with Crippen molar-refractivity contribution in [2.45, 2.75) is 45.3 Å². The standard InChI is InChI=1S/C19H23ClN3O2/c1-19(2,3)23(4)17-14(6-5-7-21-17)15(18(23)25)9-16-12(11-24)8-13(20)10-22-16/h5-8,10,15,24H,9,11H2,1-4H3/q+1. The van der Waals surface area contributed by atoms with Crippen molar-refractivity contribution in [1.29, 1.82) is 0 Å². The Morgan fingerprint density at radius 2 is 2.04 bits per heavy atom.